The molecule has 0 spiro atoms. The number of nitrogens with zero attached hydrogens (tertiary/aromatic N) is 4. The van der Waals surface area contributed by atoms with Crippen molar-refractivity contribution in [3.8, 4) is 0 Å². The predicted molar refractivity (Wildman–Crippen MR) is 91.7 cm³/mol. The first-order chi connectivity index (χ1) is 12.1. The lowest BCUT2D eigenvalue weighted by Gasteiger charge is -2.11. The van der Waals surface area contributed by atoms with Crippen LogP contribution in [0.3, 0.4) is 0 Å². The van der Waals surface area contributed by atoms with Gasteiger partial charge in [-0.3, -0.25) is 10.1 Å². The zero-order valence-corrected chi connectivity index (χ0v) is 15.6. The second kappa shape index (κ2) is 7.66. The molecule has 0 radical (unpaired) electrons. The lowest BCUT2D eigenvalue weighted by atomic mass is 10.3. The third kappa shape index (κ3) is 4.46. The van der Waals surface area contributed by atoms with Gasteiger partial charge in [0.25, 0.3) is 5.91 Å². The van der Waals surface area contributed by atoms with Crippen LogP contribution in [0.2, 0.25) is 0 Å². The highest BCUT2D eigenvalue weighted by Crippen LogP contribution is 2.18. The van der Waals surface area contributed by atoms with Gasteiger partial charge in [-0.05, 0) is 37.3 Å². The van der Waals surface area contributed by atoms with Gasteiger partial charge in [0, 0.05) is 20.1 Å². The summed E-state index contributed by atoms with van der Waals surface area (Å²) in [6.45, 7) is 3.00. The fourth-order valence-electron chi connectivity index (χ4n) is 1.93. The number of hydrogen-bond donors (Lipinski definition) is 2. The summed E-state index contributed by atoms with van der Waals surface area (Å²) in [4.78, 5) is 29.3. The van der Waals surface area contributed by atoms with Crippen LogP contribution in [-0.4, -0.2) is 66.6 Å². The van der Waals surface area contributed by atoms with E-state index in [9.17, 15) is 18.0 Å². The largest absolute Gasteiger partial charge is 0.385 e. The van der Waals surface area contributed by atoms with Gasteiger partial charge < -0.3 is 10.2 Å². The second-order valence-electron chi connectivity index (χ2n) is 5.85. The van der Waals surface area contributed by atoms with E-state index >= 15 is 0 Å². The minimum Gasteiger partial charge on any atom is -0.385 e. The monoisotopic (exact) mass is 384 g/mol. The van der Waals surface area contributed by atoms with Gasteiger partial charge in [0.05, 0.1) is 4.90 Å². The van der Waals surface area contributed by atoms with Crippen molar-refractivity contribution < 1.29 is 22.8 Å². The Morgan fingerprint density at radius 1 is 1.31 bits per heavy atom. The number of sulfonamides is 1. The highest BCUT2D eigenvalue weighted by molar-refractivity contribution is 7.89. The third-order valence-corrected chi connectivity index (χ3v) is 4.97. The van der Waals surface area contributed by atoms with Crippen LogP contribution < -0.4 is 15.5 Å². The van der Waals surface area contributed by atoms with Crippen molar-refractivity contribution in [3.63, 3.8) is 0 Å². The number of amides is 3. The average molecular weight is 384 g/mol. The Morgan fingerprint density at radius 2 is 2.00 bits per heavy atom. The fraction of sp³-hybridized carbons (Fsp3) is 0.429. The lowest BCUT2D eigenvalue weighted by molar-refractivity contribution is -0.125. The van der Waals surface area contributed by atoms with Crippen LogP contribution in [0.5, 0.6) is 0 Å². The molecule has 0 saturated carbocycles. The predicted octanol–water partition coefficient (Wildman–Crippen LogP) is -0.656. The first kappa shape index (κ1) is 19.6. The molecule has 2 aromatic rings. The molecule has 1 aromatic heterocycles. The zero-order chi connectivity index (χ0) is 19.5. The molecular formula is C14H20N6O5S. The summed E-state index contributed by atoms with van der Waals surface area (Å²) < 4.78 is 25.5. The summed E-state index contributed by atoms with van der Waals surface area (Å²) in [5.74, 6) is -0.691. The van der Waals surface area contributed by atoms with Crippen molar-refractivity contribution in [1.82, 2.24) is 30.1 Å². The summed E-state index contributed by atoms with van der Waals surface area (Å²) in [6.07, 6.45) is 0. The Labute approximate surface area is 150 Å². The first-order valence-electron chi connectivity index (χ1n) is 7.63. The first-order valence-corrected chi connectivity index (χ1v) is 9.07. The maximum Gasteiger partial charge on any atom is 0.321 e. The van der Waals surface area contributed by atoms with Gasteiger partial charge in [-0.1, -0.05) is 4.85 Å². The molecule has 0 atom stereocenters. The summed E-state index contributed by atoms with van der Waals surface area (Å²) in [5, 5.41) is 12.1. The zero-order valence-electron chi connectivity index (χ0n) is 14.8. The summed E-state index contributed by atoms with van der Waals surface area (Å²) in [5.41, 5.74) is 0.660. The number of nitrogens with one attached hydrogen (secondary N) is 2. The third-order valence-electron chi connectivity index (χ3n) is 3.16. The molecule has 0 unspecified atom stereocenters. The van der Waals surface area contributed by atoms with E-state index in [0.717, 1.165) is 9.15 Å². The maximum atomic E-state index is 12.2. The highest BCUT2D eigenvalue weighted by atomic mass is 32.2. The van der Waals surface area contributed by atoms with Gasteiger partial charge in [-0.15, -0.1) is 5.10 Å². The van der Waals surface area contributed by atoms with Crippen LogP contribution in [0, 0.1) is 0 Å². The van der Waals surface area contributed by atoms with Crippen molar-refractivity contribution in [3.05, 3.63) is 18.2 Å². The molecule has 0 bridgehead atoms. The number of urea groups is 1. The van der Waals surface area contributed by atoms with Gasteiger partial charge in [-0.25, -0.2) is 17.5 Å². The maximum absolute atomic E-state index is 12.2. The number of imide groups is 1. The fourth-order valence-corrected chi connectivity index (χ4v) is 2.85. The standard InChI is InChI=1S/C14H20N6O5S/c1-9(2)15-14(22)16-13(21)8-25-20-12-7-10(26(23,24)19(3)4)5-6-11(12)17-18-20/h5-7,9H,8H2,1-4H3,(H2,15,16,21,22). The minimum absolute atomic E-state index is 0.0305. The van der Waals surface area contributed by atoms with Gasteiger partial charge >= 0.3 is 6.03 Å². The van der Waals surface area contributed by atoms with Crippen LogP contribution in [0.1, 0.15) is 13.8 Å². The SMILES string of the molecule is CC(C)NC(=O)NC(=O)COn1nnc2ccc(S(=O)(=O)N(C)C)cc21. The van der Waals surface area contributed by atoms with E-state index in [2.05, 4.69) is 20.9 Å². The van der Waals surface area contributed by atoms with Crippen molar-refractivity contribution in [2.24, 2.45) is 0 Å². The summed E-state index contributed by atoms with van der Waals surface area (Å²) in [7, 11) is -0.815. The topological polar surface area (TPSA) is 136 Å². The quantitative estimate of drug-likeness (QED) is 0.675. The Morgan fingerprint density at radius 3 is 2.62 bits per heavy atom. The van der Waals surface area contributed by atoms with Gasteiger partial charge in [0.2, 0.25) is 10.0 Å². The molecular weight excluding hydrogens is 364 g/mol. The number of fused-ring (bicyclic) bond motifs is 1. The molecule has 12 heteroatoms. The number of aromatic nitrogens is 3. The molecule has 0 aliphatic rings. The molecule has 11 nitrogen and oxygen atoms in total. The second-order valence-corrected chi connectivity index (χ2v) is 8.00. The van der Waals surface area contributed by atoms with E-state index in [0.29, 0.717) is 5.52 Å². The van der Waals surface area contributed by atoms with Crippen LogP contribution in [0.25, 0.3) is 11.0 Å². The van der Waals surface area contributed by atoms with Gasteiger partial charge in [0.1, 0.15) is 11.0 Å². The molecule has 0 fully saturated rings. The molecule has 2 N–H and O–H groups in total. The lowest BCUT2D eigenvalue weighted by Crippen LogP contribution is -2.44. The summed E-state index contributed by atoms with van der Waals surface area (Å²) >= 11 is 0. The molecule has 0 aliphatic carbocycles. The number of carbonyl (C=O) groups excluding carboxylic acids is 2. The van der Waals surface area contributed by atoms with E-state index < -0.39 is 28.6 Å². The molecule has 0 aliphatic heterocycles. The van der Waals surface area contributed by atoms with Crippen molar-refractivity contribution >= 4 is 33.0 Å². The van der Waals surface area contributed by atoms with Crippen LogP contribution in [-0.2, 0) is 14.8 Å². The molecule has 2 rings (SSSR count). The van der Waals surface area contributed by atoms with E-state index in [1.54, 1.807) is 13.8 Å². The Hall–Kier alpha value is -2.73. The van der Waals surface area contributed by atoms with E-state index in [1.807, 2.05) is 0 Å². The van der Waals surface area contributed by atoms with Crippen molar-refractivity contribution in [2.75, 3.05) is 20.7 Å². The number of benzene rings is 1. The number of carbonyl (C=O) groups is 2. The minimum atomic E-state index is -3.65. The number of rotatable bonds is 6. The number of hydrogen-bond acceptors (Lipinski definition) is 7. The van der Waals surface area contributed by atoms with E-state index in [4.69, 9.17) is 4.84 Å². The van der Waals surface area contributed by atoms with E-state index in [-0.39, 0.29) is 16.5 Å². The van der Waals surface area contributed by atoms with Crippen LogP contribution >= 0.6 is 0 Å². The molecule has 26 heavy (non-hydrogen) atoms. The van der Waals surface area contributed by atoms with Crippen molar-refractivity contribution in [1.29, 1.82) is 0 Å². The molecule has 0 saturated heterocycles. The Balaban J connectivity index is 2.13. The van der Waals surface area contributed by atoms with E-state index in [1.165, 1.54) is 32.3 Å². The molecule has 1 heterocycles. The Kier molecular flexibility index (Phi) is 5.77. The Bertz CT molecular complexity index is 921. The molecule has 3 amide bonds. The van der Waals surface area contributed by atoms with Gasteiger partial charge in [-0.2, -0.15) is 0 Å². The average Bonchev–Trinajstić information content (AvgIpc) is 2.94. The molecule has 142 valence electrons. The van der Waals surface area contributed by atoms with Crippen molar-refractivity contribution in [2.45, 2.75) is 24.8 Å². The summed E-state index contributed by atoms with van der Waals surface area (Å²) in [6, 6.07) is 3.46. The van der Waals surface area contributed by atoms with Crippen LogP contribution in [0.15, 0.2) is 23.1 Å². The van der Waals surface area contributed by atoms with Gasteiger partial charge in [0.15, 0.2) is 6.61 Å². The molecule has 1 aromatic carbocycles. The smallest absolute Gasteiger partial charge is 0.321 e. The van der Waals surface area contributed by atoms with Crippen LogP contribution in [0.4, 0.5) is 4.79 Å². The normalized spacial score (nSPS) is 11.8. The highest BCUT2D eigenvalue weighted by Gasteiger charge is 2.19.